The molecule has 2 N–H and O–H groups in total. The number of nitrogens with zero attached hydrogens (tertiary/aromatic N) is 3. The van der Waals surface area contributed by atoms with E-state index in [9.17, 15) is 9.59 Å². The summed E-state index contributed by atoms with van der Waals surface area (Å²) in [5.74, 6) is -0.488. The number of fused-ring (bicyclic) bond motifs is 1. The lowest BCUT2D eigenvalue weighted by Gasteiger charge is -2.07. The molecular formula is C10H10N4O3. The fourth-order valence-corrected chi connectivity index (χ4v) is 1.43. The van der Waals surface area contributed by atoms with Gasteiger partial charge >= 0.3 is 5.97 Å². The molecule has 0 saturated carbocycles. The Balaban J connectivity index is 2.66. The molecular weight excluding hydrogens is 224 g/mol. The monoisotopic (exact) mass is 234 g/mol. The minimum Gasteiger partial charge on any atom is -0.468 e. The molecule has 0 aliphatic carbocycles. The largest absolute Gasteiger partial charge is 0.468 e. The Labute approximate surface area is 95.9 Å². The molecule has 0 amide bonds. The van der Waals surface area contributed by atoms with Gasteiger partial charge in [-0.25, -0.2) is 4.98 Å². The van der Waals surface area contributed by atoms with Crippen molar-refractivity contribution in [3.63, 3.8) is 0 Å². The first-order valence-electron chi connectivity index (χ1n) is 4.80. The number of hydrogen-bond donors (Lipinski definition) is 1. The molecule has 0 bridgehead atoms. The molecule has 88 valence electrons. The van der Waals surface area contributed by atoms with Gasteiger partial charge < -0.3 is 10.5 Å². The van der Waals surface area contributed by atoms with Gasteiger partial charge in [-0.05, 0) is 6.07 Å². The van der Waals surface area contributed by atoms with Gasteiger partial charge in [-0.15, -0.1) is 0 Å². The zero-order valence-electron chi connectivity index (χ0n) is 9.08. The average Bonchev–Trinajstić information content (AvgIpc) is 2.32. The van der Waals surface area contributed by atoms with Gasteiger partial charge in [0.05, 0.1) is 7.11 Å². The second-order valence-corrected chi connectivity index (χ2v) is 3.34. The number of methoxy groups -OCH3 is 1. The molecule has 0 fully saturated rings. The molecule has 0 spiro atoms. The fraction of sp³-hybridized carbons (Fsp3) is 0.200. The second kappa shape index (κ2) is 4.20. The molecule has 0 radical (unpaired) electrons. The maximum Gasteiger partial charge on any atom is 0.325 e. The Morgan fingerprint density at radius 1 is 1.53 bits per heavy atom. The van der Waals surface area contributed by atoms with Crippen molar-refractivity contribution in [2.75, 3.05) is 12.8 Å². The SMILES string of the molecule is COC(=O)Cn1c(=O)ccc2cnc(N)nc21. The average molecular weight is 234 g/mol. The van der Waals surface area contributed by atoms with Crippen LogP contribution in [0.15, 0.2) is 23.1 Å². The van der Waals surface area contributed by atoms with E-state index in [0.29, 0.717) is 11.0 Å². The summed E-state index contributed by atoms with van der Waals surface area (Å²) in [4.78, 5) is 30.6. The summed E-state index contributed by atoms with van der Waals surface area (Å²) in [5, 5.41) is 0.628. The molecule has 2 aromatic rings. The predicted molar refractivity (Wildman–Crippen MR) is 60.2 cm³/mol. The molecule has 7 nitrogen and oxygen atoms in total. The quantitative estimate of drug-likeness (QED) is 0.706. The Bertz CT molecular complexity index is 635. The van der Waals surface area contributed by atoms with Crippen LogP contribution in [0.1, 0.15) is 0 Å². The summed E-state index contributed by atoms with van der Waals surface area (Å²) in [5.41, 5.74) is 5.42. The van der Waals surface area contributed by atoms with Crippen molar-refractivity contribution < 1.29 is 9.53 Å². The molecule has 0 saturated heterocycles. The standard InChI is InChI=1S/C10H10N4O3/c1-17-8(16)5-14-7(15)3-2-6-4-12-10(11)13-9(6)14/h2-4H,5H2,1H3,(H2,11,12,13). The van der Waals surface area contributed by atoms with Crippen LogP contribution in [0.2, 0.25) is 0 Å². The first kappa shape index (κ1) is 11.1. The number of nitrogens with two attached hydrogens (primary N) is 1. The molecule has 7 heteroatoms. The Hall–Kier alpha value is -2.44. The first-order valence-corrected chi connectivity index (χ1v) is 4.80. The highest BCUT2D eigenvalue weighted by atomic mass is 16.5. The molecule has 0 atom stereocenters. The number of nitrogen functional groups attached to an aromatic ring is 1. The van der Waals surface area contributed by atoms with Crippen molar-refractivity contribution in [3.8, 4) is 0 Å². The highest BCUT2D eigenvalue weighted by Crippen LogP contribution is 2.08. The molecule has 0 aliphatic heterocycles. The number of ether oxygens (including phenoxy) is 1. The minimum atomic E-state index is -0.531. The van der Waals surface area contributed by atoms with Gasteiger partial charge in [0.25, 0.3) is 5.56 Å². The Morgan fingerprint density at radius 3 is 3.00 bits per heavy atom. The van der Waals surface area contributed by atoms with Crippen LogP contribution in [-0.2, 0) is 16.1 Å². The molecule has 2 rings (SSSR count). The van der Waals surface area contributed by atoms with Crippen LogP contribution in [0.3, 0.4) is 0 Å². The maximum absolute atomic E-state index is 11.6. The summed E-state index contributed by atoms with van der Waals surface area (Å²) in [6.45, 7) is -0.205. The number of esters is 1. The number of hydrogen-bond acceptors (Lipinski definition) is 6. The number of carbonyl (C=O) groups excluding carboxylic acids is 1. The van der Waals surface area contributed by atoms with Crippen molar-refractivity contribution in [1.82, 2.24) is 14.5 Å². The number of pyridine rings is 1. The van der Waals surface area contributed by atoms with Gasteiger partial charge in [0.15, 0.2) is 0 Å². The van der Waals surface area contributed by atoms with Gasteiger partial charge in [-0.1, -0.05) is 0 Å². The summed E-state index contributed by atoms with van der Waals surface area (Å²) < 4.78 is 5.71. The smallest absolute Gasteiger partial charge is 0.325 e. The van der Waals surface area contributed by atoms with E-state index < -0.39 is 5.97 Å². The highest BCUT2D eigenvalue weighted by molar-refractivity contribution is 5.77. The number of aromatic nitrogens is 3. The first-order chi connectivity index (χ1) is 8.11. The van der Waals surface area contributed by atoms with E-state index in [1.807, 2.05) is 0 Å². The van der Waals surface area contributed by atoms with E-state index in [0.717, 1.165) is 0 Å². The lowest BCUT2D eigenvalue weighted by atomic mass is 10.3. The topological polar surface area (TPSA) is 100 Å². The molecule has 2 heterocycles. The molecule has 17 heavy (non-hydrogen) atoms. The third-order valence-corrected chi connectivity index (χ3v) is 2.26. The van der Waals surface area contributed by atoms with Crippen LogP contribution in [-0.4, -0.2) is 27.6 Å². The van der Waals surface area contributed by atoms with E-state index in [4.69, 9.17) is 5.73 Å². The third kappa shape index (κ3) is 2.07. The van der Waals surface area contributed by atoms with E-state index in [1.54, 1.807) is 6.07 Å². The van der Waals surface area contributed by atoms with Crippen LogP contribution in [0.5, 0.6) is 0 Å². The number of carbonyl (C=O) groups is 1. The van der Waals surface area contributed by atoms with E-state index in [-0.39, 0.29) is 18.1 Å². The second-order valence-electron chi connectivity index (χ2n) is 3.34. The molecule has 0 unspecified atom stereocenters. The van der Waals surface area contributed by atoms with Gasteiger partial charge in [0.2, 0.25) is 5.95 Å². The molecule has 2 aromatic heterocycles. The summed E-state index contributed by atoms with van der Waals surface area (Å²) in [6.07, 6.45) is 1.49. The van der Waals surface area contributed by atoms with Crippen molar-refractivity contribution in [1.29, 1.82) is 0 Å². The van der Waals surface area contributed by atoms with Crippen LogP contribution in [0, 0.1) is 0 Å². The van der Waals surface area contributed by atoms with E-state index in [2.05, 4.69) is 14.7 Å². The van der Waals surface area contributed by atoms with Crippen molar-refractivity contribution in [2.24, 2.45) is 0 Å². The van der Waals surface area contributed by atoms with Crippen LogP contribution in [0.4, 0.5) is 5.95 Å². The Morgan fingerprint density at radius 2 is 2.29 bits per heavy atom. The van der Waals surface area contributed by atoms with Gasteiger partial charge in [-0.2, -0.15) is 4.98 Å². The van der Waals surface area contributed by atoms with Crippen LogP contribution < -0.4 is 11.3 Å². The highest BCUT2D eigenvalue weighted by Gasteiger charge is 2.09. The molecule has 0 aliphatic rings. The zero-order valence-corrected chi connectivity index (χ0v) is 9.08. The number of anilines is 1. The minimum absolute atomic E-state index is 0.0433. The van der Waals surface area contributed by atoms with Crippen molar-refractivity contribution in [3.05, 3.63) is 28.7 Å². The van der Waals surface area contributed by atoms with Crippen LogP contribution >= 0.6 is 0 Å². The van der Waals surface area contributed by atoms with E-state index in [1.165, 1.54) is 23.9 Å². The summed E-state index contributed by atoms with van der Waals surface area (Å²) >= 11 is 0. The van der Waals surface area contributed by atoms with Gasteiger partial charge in [0, 0.05) is 17.6 Å². The Kier molecular flexibility index (Phi) is 2.73. The van der Waals surface area contributed by atoms with Crippen molar-refractivity contribution >= 4 is 23.0 Å². The van der Waals surface area contributed by atoms with Crippen LogP contribution in [0.25, 0.3) is 11.0 Å². The van der Waals surface area contributed by atoms with Gasteiger partial charge in [-0.3, -0.25) is 14.2 Å². The fourth-order valence-electron chi connectivity index (χ4n) is 1.43. The zero-order chi connectivity index (χ0) is 12.4. The summed E-state index contributed by atoms with van der Waals surface area (Å²) in [7, 11) is 1.25. The van der Waals surface area contributed by atoms with Gasteiger partial charge in [0.1, 0.15) is 12.2 Å². The number of rotatable bonds is 2. The summed E-state index contributed by atoms with van der Waals surface area (Å²) in [6, 6.07) is 2.91. The third-order valence-electron chi connectivity index (χ3n) is 2.26. The van der Waals surface area contributed by atoms with Crippen molar-refractivity contribution in [2.45, 2.75) is 6.54 Å². The normalized spacial score (nSPS) is 10.4. The predicted octanol–water partition coefficient (Wildman–Crippen LogP) is -0.453. The van der Waals surface area contributed by atoms with E-state index >= 15 is 0 Å². The lowest BCUT2D eigenvalue weighted by molar-refractivity contribution is -0.141. The maximum atomic E-state index is 11.6. The lowest BCUT2D eigenvalue weighted by Crippen LogP contribution is -2.25. The molecule has 0 aromatic carbocycles.